The van der Waals surface area contributed by atoms with Crippen LogP contribution in [0.2, 0.25) is 0 Å². The van der Waals surface area contributed by atoms with E-state index in [2.05, 4.69) is 32.4 Å². The van der Waals surface area contributed by atoms with Crippen LogP contribution in [0.1, 0.15) is 37.7 Å². The van der Waals surface area contributed by atoms with Gasteiger partial charge in [-0.2, -0.15) is 0 Å². The summed E-state index contributed by atoms with van der Waals surface area (Å²) in [5.74, 6) is 5.65. The molecule has 3 N–H and O–H groups in total. The number of hydrogen-bond acceptors (Lipinski definition) is 4. The molecule has 5 heteroatoms. The summed E-state index contributed by atoms with van der Waals surface area (Å²) < 4.78 is 6.76. The largest absolute Gasteiger partial charge is 0.378 e. The first-order valence-electron chi connectivity index (χ1n) is 6.95. The molecular formula is C14H22BrN3O. The molecule has 0 amide bonds. The fraction of sp³-hybridized carbons (Fsp3) is 0.643. The van der Waals surface area contributed by atoms with Crippen molar-refractivity contribution in [3.63, 3.8) is 0 Å². The fourth-order valence-electron chi connectivity index (χ4n) is 2.52. The Labute approximate surface area is 123 Å². The van der Waals surface area contributed by atoms with Crippen LogP contribution in [-0.2, 0) is 11.2 Å². The number of aromatic nitrogens is 1. The van der Waals surface area contributed by atoms with Gasteiger partial charge in [-0.3, -0.25) is 16.3 Å². The van der Waals surface area contributed by atoms with Crippen LogP contribution >= 0.6 is 15.9 Å². The van der Waals surface area contributed by atoms with E-state index >= 15 is 0 Å². The Kier molecular flexibility index (Phi) is 6.23. The van der Waals surface area contributed by atoms with E-state index in [1.54, 1.807) is 6.20 Å². The van der Waals surface area contributed by atoms with Gasteiger partial charge < -0.3 is 4.74 Å². The number of nitrogens with two attached hydrogens (primary N) is 1. The molecule has 1 fully saturated rings. The van der Waals surface area contributed by atoms with Gasteiger partial charge >= 0.3 is 0 Å². The lowest BCUT2D eigenvalue weighted by Crippen LogP contribution is -2.37. The normalized spacial score (nSPS) is 21.3. The second-order valence-electron chi connectivity index (χ2n) is 5.15. The number of hydrazine groups is 1. The standard InChI is InChI=1S/C14H22BrN3O/c15-12-7-11(9-17-10-12)8-13(18-16)4-5-14-3-1-2-6-19-14/h7,9-10,13-14,18H,1-6,8,16H2. The van der Waals surface area contributed by atoms with E-state index in [9.17, 15) is 0 Å². The first kappa shape index (κ1) is 14.9. The second kappa shape index (κ2) is 7.94. The molecule has 1 aliphatic rings. The maximum Gasteiger partial charge on any atom is 0.0575 e. The summed E-state index contributed by atoms with van der Waals surface area (Å²) >= 11 is 3.44. The van der Waals surface area contributed by atoms with E-state index in [1.807, 2.05) is 6.20 Å². The zero-order valence-corrected chi connectivity index (χ0v) is 12.7. The molecule has 2 atom stereocenters. The van der Waals surface area contributed by atoms with Gasteiger partial charge in [-0.15, -0.1) is 0 Å². The fourth-order valence-corrected chi connectivity index (χ4v) is 2.93. The molecule has 106 valence electrons. The van der Waals surface area contributed by atoms with Crippen LogP contribution in [-0.4, -0.2) is 23.7 Å². The van der Waals surface area contributed by atoms with Crippen LogP contribution in [0.15, 0.2) is 22.9 Å². The predicted octanol–water partition coefficient (Wildman–Crippen LogP) is 2.57. The van der Waals surface area contributed by atoms with Crippen LogP contribution < -0.4 is 11.3 Å². The van der Waals surface area contributed by atoms with Crippen molar-refractivity contribution in [3.05, 3.63) is 28.5 Å². The molecule has 19 heavy (non-hydrogen) atoms. The summed E-state index contributed by atoms with van der Waals surface area (Å²) in [4.78, 5) is 4.18. The van der Waals surface area contributed by atoms with Crippen LogP contribution in [0.3, 0.4) is 0 Å². The third-order valence-electron chi connectivity index (χ3n) is 3.59. The lowest BCUT2D eigenvalue weighted by molar-refractivity contribution is 0.00858. The smallest absolute Gasteiger partial charge is 0.0575 e. The number of rotatable bonds is 6. The van der Waals surface area contributed by atoms with E-state index in [-0.39, 0.29) is 6.04 Å². The maximum absolute atomic E-state index is 5.75. The molecule has 0 bridgehead atoms. The minimum Gasteiger partial charge on any atom is -0.378 e. The van der Waals surface area contributed by atoms with Gasteiger partial charge in [-0.25, -0.2) is 0 Å². The Balaban J connectivity index is 1.79. The summed E-state index contributed by atoms with van der Waals surface area (Å²) in [6.45, 7) is 0.918. The minimum absolute atomic E-state index is 0.279. The van der Waals surface area contributed by atoms with Crippen molar-refractivity contribution < 1.29 is 4.74 Å². The van der Waals surface area contributed by atoms with Gasteiger partial charge in [0.05, 0.1) is 6.10 Å². The molecule has 1 aliphatic heterocycles. The number of halogens is 1. The van der Waals surface area contributed by atoms with Gasteiger partial charge in [0.1, 0.15) is 0 Å². The molecule has 0 aromatic carbocycles. The summed E-state index contributed by atoms with van der Waals surface area (Å²) in [6, 6.07) is 2.37. The molecular weight excluding hydrogens is 306 g/mol. The van der Waals surface area contributed by atoms with Gasteiger partial charge in [0.15, 0.2) is 0 Å². The molecule has 2 heterocycles. The lowest BCUT2D eigenvalue weighted by atomic mass is 9.98. The summed E-state index contributed by atoms with van der Waals surface area (Å²) in [5, 5.41) is 0. The highest BCUT2D eigenvalue weighted by atomic mass is 79.9. The van der Waals surface area contributed by atoms with E-state index in [0.29, 0.717) is 6.10 Å². The highest BCUT2D eigenvalue weighted by molar-refractivity contribution is 9.10. The van der Waals surface area contributed by atoms with Crippen molar-refractivity contribution in [2.75, 3.05) is 6.61 Å². The van der Waals surface area contributed by atoms with E-state index in [0.717, 1.165) is 30.3 Å². The van der Waals surface area contributed by atoms with Gasteiger partial charge in [-0.05, 0) is 66.1 Å². The molecule has 2 unspecified atom stereocenters. The first-order chi connectivity index (χ1) is 9.28. The molecule has 0 spiro atoms. The van der Waals surface area contributed by atoms with Crippen LogP contribution in [0.4, 0.5) is 0 Å². The number of pyridine rings is 1. The van der Waals surface area contributed by atoms with Crippen molar-refractivity contribution in [1.82, 2.24) is 10.4 Å². The molecule has 2 rings (SSSR count). The Morgan fingerprint density at radius 3 is 3.05 bits per heavy atom. The molecule has 1 saturated heterocycles. The Hall–Kier alpha value is -0.490. The summed E-state index contributed by atoms with van der Waals surface area (Å²) in [7, 11) is 0. The topological polar surface area (TPSA) is 60.2 Å². The van der Waals surface area contributed by atoms with E-state index in [4.69, 9.17) is 10.6 Å². The Morgan fingerprint density at radius 2 is 2.37 bits per heavy atom. The van der Waals surface area contributed by atoms with Gasteiger partial charge in [-0.1, -0.05) is 0 Å². The highest BCUT2D eigenvalue weighted by Gasteiger charge is 2.16. The molecule has 1 aromatic rings. The van der Waals surface area contributed by atoms with Gasteiger partial charge in [0, 0.05) is 29.5 Å². The Morgan fingerprint density at radius 1 is 1.47 bits per heavy atom. The van der Waals surface area contributed by atoms with E-state index in [1.165, 1.54) is 24.8 Å². The Bertz CT molecular complexity index is 383. The predicted molar refractivity (Wildman–Crippen MR) is 79.6 cm³/mol. The summed E-state index contributed by atoms with van der Waals surface area (Å²) in [5.41, 5.74) is 4.11. The number of nitrogens with zero attached hydrogens (tertiary/aromatic N) is 1. The number of ether oxygens (including phenoxy) is 1. The van der Waals surface area contributed by atoms with Crippen molar-refractivity contribution in [2.24, 2.45) is 5.84 Å². The van der Waals surface area contributed by atoms with Crippen LogP contribution in [0.25, 0.3) is 0 Å². The quantitative estimate of drug-likeness (QED) is 0.622. The second-order valence-corrected chi connectivity index (χ2v) is 6.06. The monoisotopic (exact) mass is 327 g/mol. The van der Waals surface area contributed by atoms with Gasteiger partial charge in [0.2, 0.25) is 0 Å². The lowest BCUT2D eigenvalue weighted by Gasteiger charge is -2.24. The molecule has 0 saturated carbocycles. The van der Waals surface area contributed by atoms with E-state index < -0.39 is 0 Å². The van der Waals surface area contributed by atoms with Crippen molar-refractivity contribution in [2.45, 2.75) is 50.7 Å². The van der Waals surface area contributed by atoms with Crippen molar-refractivity contribution >= 4 is 15.9 Å². The van der Waals surface area contributed by atoms with Crippen molar-refractivity contribution in [1.29, 1.82) is 0 Å². The molecule has 0 radical (unpaired) electrons. The average Bonchev–Trinajstić information content (AvgIpc) is 2.44. The highest BCUT2D eigenvalue weighted by Crippen LogP contribution is 2.19. The van der Waals surface area contributed by atoms with Crippen LogP contribution in [0, 0.1) is 0 Å². The average molecular weight is 328 g/mol. The minimum atomic E-state index is 0.279. The zero-order valence-electron chi connectivity index (χ0n) is 11.1. The summed E-state index contributed by atoms with van der Waals surface area (Å²) in [6.07, 6.45) is 10.8. The molecule has 4 nitrogen and oxygen atoms in total. The third kappa shape index (κ3) is 5.18. The van der Waals surface area contributed by atoms with Crippen LogP contribution in [0.5, 0.6) is 0 Å². The zero-order chi connectivity index (χ0) is 13.5. The molecule has 0 aliphatic carbocycles. The third-order valence-corrected chi connectivity index (χ3v) is 4.02. The SMILES string of the molecule is NNC(CCC1CCCCO1)Cc1cncc(Br)c1. The molecule has 1 aromatic heterocycles. The number of nitrogens with one attached hydrogen (secondary N) is 1. The maximum atomic E-state index is 5.75. The first-order valence-corrected chi connectivity index (χ1v) is 7.74. The number of hydrogen-bond donors (Lipinski definition) is 2. The van der Waals surface area contributed by atoms with Crippen molar-refractivity contribution in [3.8, 4) is 0 Å². The van der Waals surface area contributed by atoms with Gasteiger partial charge in [0.25, 0.3) is 0 Å².